The number of hydrogen-bond acceptors (Lipinski definition) is 9. The number of hydrogen-bond donors (Lipinski definition) is 1. The van der Waals surface area contributed by atoms with E-state index >= 15 is 0 Å². The van der Waals surface area contributed by atoms with Crippen LogP contribution in [0.2, 0.25) is 5.28 Å². The molecule has 1 N–H and O–H groups in total. The number of aryl methyl sites for hydroxylation is 1. The molecule has 0 atom stereocenters. The zero-order chi connectivity index (χ0) is 24.5. The van der Waals surface area contributed by atoms with Gasteiger partial charge in [0.1, 0.15) is 16.8 Å². The molecule has 3 rings (SSSR count). The molecular formula is C22H18ClFN6O3S. The summed E-state index contributed by atoms with van der Waals surface area (Å²) in [6.07, 6.45) is 2.36. The standard InChI is InChI=1S/C22H18ClFN6O3S/c1-13-7-15(11-32-2)17(8-25)21(28-13)34-12-19(31)30-27-9-14-3-5-16(6-4-14)33-20-18(24)10-26-22(23)29-20/h3-7,9-10H,11-12H2,1-2H3,(H,30,31)/b27-9-. The van der Waals surface area contributed by atoms with Gasteiger partial charge in [-0.3, -0.25) is 4.79 Å². The number of nitriles is 1. The Labute approximate surface area is 204 Å². The van der Waals surface area contributed by atoms with Crippen molar-refractivity contribution in [3.05, 3.63) is 70.0 Å². The maximum absolute atomic E-state index is 13.7. The number of ether oxygens (including phenoxy) is 2. The van der Waals surface area contributed by atoms with Gasteiger partial charge in [-0.25, -0.2) is 15.4 Å². The van der Waals surface area contributed by atoms with Crippen molar-refractivity contribution < 1.29 is 18.7 Å². The molecule has 1 aromatic carbocycles. The molecule has 2 aromatic heterocycles. The van der Waals surface area contributed by atoms with Crippen LogP contribution < -0.4 is 10.2 Å². The summed E-state index contributed by atoms with van der Waals surface area (Å²) in [6.45, 7) is 2.09. The van der Waals surface area contributed by atoms with Gasteiger partial charge in [-0.15, -0.1) is 0 Å². The van der Waals surface area contributed by atoms with Crippen LogP contribution in [0.25, 0.3) is 0 Å². The molecule has 0 unspecified atom stereocenters. The Kier molecular flexibility index (Phi) is 8.86. The van der Waals surface area contributed by atoms with Crippen molar-refractivity contribution in [2.24, 2.45) is 5.10 Å². The molecule has 0 aliphatic heterocycles. The van der Waals surface area contributed by atoms with E-state index in [4.69, 9.17) is 21.1 Å². The highest BCUT2D eigenvalue weighted by atomic mass is 35.5. The zero-order valence-electron chi connectivity index (χ0n) is 18.1. The van der Waals surface area contributed by atoms with E-state index in [9.17, 15) is 14.4 Å². The Bertz CT molecular complexity index is 1250. The van der Waals surface area contributed by atoms with Crippen molar-refractivity contribution in [1.29, 1.82) is 5.26 Å². The molecule has 2 heterocycles. The van der Waals surface area contributed by atoms with E-state index in [2.05, 4.69) is 31.5 Å². The highest BCUT2D eigenvalue weighted by Gasteiger charge is 2.13. The summed E-state index contributed by atoms with van der Waals surface area (Å²) in [5, 5.41) is 13.7. The van der Waals surface area contributed by atoms with Crippen molar-refractivity contribution in [2.75, 3.05) is 12.9 Å². The van der Waals surface area contributed by atoms with Gasteiger partial charge in [0.2, 0.25) is 17.0 Å². The van der Waals surface area contributed by atoms with Gasteiger partial charge in [0.05, 0.1) is 30.3 Å². The van der Waals surface area contributed by atoms with Crippen molar-refractivity contribution in [3.63, 3.8) is 0 Å². The summed E-state index contributed by atoms with van der Waals surface area (Å²) >= 11 is 6.79. The lowest BCUT2D eigenvalue weighted by atomic mass is 10.1. The molecule has 9 nitrogen and oxygen atoms in total. The van der Waals surface area contributed by atoms with Crippen LogP contribution in [-0.2, 0) is 16.1 Å². The molecule has 0 fully saturated rings. The van der Waals surface area contributed by atoms with Crippen LogP contribution in [0.1, 0.15) is 22.4 Å². The van der Waals surface area contributed by atoms with Crippen molar-refractivity contribution in [1.82, 2.24) is 20.4 Å². The number of nitrogens with one attached hydrogen (secondary N) is 1. The Balaban J connectivity index is 1.54. The van der Waals surface area contributed by atoms with Crippen LogP contribution in [0.3, 0.4) is 0 Å². The SMILES string of the molecule is COCc1cc(C)nc(SCC(=O)N/N=C\c2ccc(Oc3nc(Cl)ncc3F)cc2)c1C#N. The van der Waals surface area contributed by atoms with Gasteiger partial charge in [0.25, 0.3) is 5.88 Å². The normalized spacial score (nSPS) is 10.8. The number of carbonyl (C=O) groups is 1. The first-order valence-electron chi connectivity index (χ1n) is 9.69. The van der Waals surface area contributed by atoms with E-state index in [1.54, 1.807) is 37.4 Å². The van der Waals surface area contributed by atoms with Gasteiger partial charge in [-0.2, -0.15) is 19.7 Å². The third kappa shape index (κ3) is 6.95. The fraction of sp³-hybridized carbons (Fsp3) is 0.182. The summed E-state index contributed by atoms with van der Waals surface area (Å²) in [7, 11) is 1.55. The van der Waals surface area contributed by atoms with E-state index in [0.717, 1.165) is 29.2 Å². The lowest BCUT2D eigenvalue weighted by molar-refractivity contribution is -0.118. The first-order chi connectivity index (χ1) is 16.4. The van der Waals surface area contributed by atoms with Crippen LogP contribution in [0.4, 0.5) is 4.39 Å². The molecule has 0 saturated carbocycles. The number of amides is 1. The molecular weight excluding hydrogens is 483 g/mol. The predicted octanol–water partition coefficient (Wildman–Crippen LogP) is 4.03. The molecule has 0 aliphatic rings. The van der Waals surface area contributed by atoms with Gasteiger partial charge < -0.3 is 9.47 Å². The summed E-state index contributed by atoms with van der Waals surface area (Å²) in [5.74, 6) is -1.04. The van der Waals surface area contributed by atoms with Gasteiger partial charge in [0, 0.05) is 12.8 Å². The molecule has 3 aromatic rings. The topological polar surface area (TPSA) is 122 Å². The molecule has 0 spiro atoms. The molecule has 0 aliphatic carbocycles. The lowest BCUT2D eigenvalue weighted by Gasteiger charge is -2.09. The van der Waals surface area contributed by atoms with Crippen molar-refractivity contribution in [3.8, 4) is 17.7 Å². The molecule has 12 heteroatoms. The molecule has 1 amide bonds. The molecule has 0 bridgehead atoms. The molecule has 0 radical (unpaired) electrons. The minimum Gasteiger partial charge on any atom is -0.436 e. The van der Waals surface area contributed by atoms with E-state index in [1.165, 1.54) is 6.21 Å². The fourth-order valence-electron chi connectivity index (χ4n) is 2.68. The number of methoxy groups -OCH3 is 1. The van der Waals surface area contributed by atoms with Crippen LogP contribution in [0.5, 0.6) is 11.6 Å². The molecule has 174 valence electrons. The maximum Gasteiger partial charge on any atom is 0.260 e. The first kappa shape index (κ1) is 25.0. The molecule has 0 saturated heterocycles. The van der Waals surface area contributed by atoms with Crippen LogP contribution in [-0.4, -0.2) is 39.9 Å². The monoisotopic (exact) mass is 500 g/mol. The zero-order valence-corrected chi connectivity index (χ0v) is 19.7. The number of pyridine rings is 1. The Hall–Kier alpha value is -3.59. The second kappa shape index (κ2) is 12.0. The quantitative estimate of drug-likeness (QED) is 0.202. The second-order valence-corrected chi connectivity index (χ2v) is 7.99. The highest BCUT2D eigenvalue weighted by molar-refractivity contribution is 8.00. The van der Waals surface area contributed by atoms with Gasteiger partial charge in [0.15, 0.2) is 0 Å². The summed E-state index contributed by atoms with van der Waals surface area (Å²) in [4.78, 5) is 23.7. The number of carbonyl (C=O) groups excluding carboxylic acids is 1. The van der Waals surface area contributed by atoms with Crippen LogP contribution in [0.15, 0.2) is 46.7 Å². The average Bonchev–Trinajstić information content (AvgIpc) is 2.81. The van der Waals surface area contributed by atoms with Crippen LogP contribution in [0, 0.1) is 24.1 Å². The number of thioether (sulfide) groups is 1. The highest BCUT2D eigenvalue weighted by Crippen LogP contribution is 2.25. The number of rotatable bonds is 9. The number of aromatic nitrogens is 3. The van der Waals surface area contributed by atoms with Crippen molar-refractivity contribution >= 4 is 35.5 Å². The van der Waals surface area contributed by atoms with E-state index in [1.807, 2.05) is 6.92 Å². The number of halogens is 2. The second-order valence-electron chi connectivity index (χ2n) is 6.69. The summed E-state index contributed by atoms with van der Waals surface area (Å²) in [5.41, 5.74) is 4.92. The smallest absolute Gasteiger partial charge is 0.260 e. The summed E-state index contributed by atoms with van der Waals surface area (Å²) < 4.78 is 24.1. The lowest BCUT2D eigenvalue weighted by Crippen LogP contribution is -2.19. The minimum atomic E-state index is -0.742. The largest absolute Gasteiger partial charge is 0.436 e. The van der Waals surface area contributed by atoms with E-state index in [-0.39, 0.29) is 29.4 Å². The third-order valence-corrected chi connectivity index (χ3v) is 5.29. The van der Waals surface area contributed by atoms with Gasteiger partial charge >= 0.3 is 0 Å². The van der Waals surface area contributed by atoms with Gasteiger partial charge in [-0.05, 0) is 60.0 Å². The Morgan fingerprint density at radius 1 is 1.35 bits per heavy atom. The van der Waals surface area contributed by atoms with Crippen LogP contribution >= 0.6 is 23.4 Å². The number of benzene rings is 1. The average molecular weight is 501 g/mol. The van der Waals surface area contributed by atoms with Crippen molar-refractivity contribution in [2.45, 2.75) is 18.6 Å². The third-order valence-electron chi connectivity index (χ3n) is 4.13. The predicted molar refractivity (Wildman–Crippen MR) is 124 cm³/mol. The first-order valence-corrected chi connectivity index (χ1v) is 11.1. The van der Waals surface area contributed by atoms with Gasteiger partial charge in [-0.1, -0.05) is 11.8 Å². The number of hydrazone groups is 1. The number of nitrogens with zero attached hydrogens (tertiary/aromatic N) is 5. The fourth-order valence-corrected chi connectivity index (χ4v) is 3.67. The minimum absolute atomic E-state index is 0.0225. The maximum atomic E-state index is 13.7. The van der Waals surface area contributed by atoms with E-state index in [0.29, 0.717) is 21.9 Å². The summed E-state index contributed by atoms with van der Waals surface area (Å²) in [6, 6.07) is 10.4. The Morgan fingerprint density at radius 3 is 2.82 bits per heavy atom. The van der Waals surface area contributed by atoms with E-state index < -0.39 is 5.82 Å². The Morgan fingerprint density at radius 2 is 2.12 bits per heavy atom. The molecule has 34 heavy (non-hydrogen) atoms.